The van der Waals surface area contributed by atoms with Gasteiger partial charge in [0.1, 0.15) is 0 Å². The number of rotatable bonds is 4. The summed E-state index contributed by atoms with van der Waals surface area (Å²) in [6.07, 6.45) is 6.64. The highest BCUT2D eigenvalue weighted by molar-refractivity contribution is 5.79. The lowest BCUT2D eigenvalue weighted by atomic mass is 9.96. The number of carbonyl (C=O) groups is 2. The number of aryl methyl sites for hydroxylation is 1. The van der Waals surface area contributed by atoms with Crippen molar-refractivity contribution in [2.45, 2.75) is 39.2 Å². The van der Waals surface area contributed by atoms with E-state index in [0.29, 0.717) is 19.4 Å². The summed E-state index contributed by atoms with van der Waals surface area (Å²) in [5.74, 6) is 0.282. The van der Waals surface area contributed by atoms with Gasteiger partial charge in [-0.3, -0.25) is 19.5 Å². The number of carbonyl (C=O) groups excluding carboxylic acids is 2. The highest BCUT2D eigenvalue weighted by Gasteiger charge is 2.28. The van der Waals surface area contributed by atoms with Gasteiger partial charge in [0.15, 0.2) is 0 Å². The summed E-state index contributed by atoms with van der Waals surface area (Å²) in [6, 6.07) is 12.6. The Morgan fingerprint density at radius 3 is 2.59 bits per heavy atom. The summed E-state index contributed by atoms with van der Waals surface area (Å²) in [7, 11) is 0. The molecule has 2 saturated heterocycles. The van der Waals surface area contributed by atoms with Crippen LogP contribution in [0.25, 0.3) is 0 Å². The van der Waals surface area contributed by atoms with E-state index < -0.39 is 0 Å². The lowest BCUT2D eigenvalue weighted by Gasteiger charge is -2.38. The molecule has 3 heterocycles. The predicted octanol–water partition coefficient (Wildman–Crippen LogP) is 2.85. The van der Waals surface area contributed by atoms with E-state index >= 15 is 0 Å². The Bertz CT molecular complexity index is 943. The summed E-state index contributed by atoms with van der Waals surface area (Å²) in [6.45, 7) is 8.33. The van der Waals surface area contributed by atoms with Gasteiger partial charge in [-0.1, -0.05) is 12.1 Å². The molecule has 1 atom stereocenters. The number of aromatic nitrogens is 1. The summed E-state index contributed by atoms with van der Waals surface area (Å²) in [4.78, 5) is 36.6. The van der Waals surface area contributed by atoms with E-state index in [0.717, 1.165) is 58.7 Å². The summed E-state index contributed by atoms with van der Waals surface area (Å²) >= 11 is 0. The number of nitrogens with one attached hydrogen (secondary N) is 1. The molecule has 1 aromatic carbocycles. The Hall–Kier alpha value is -2.93. The molecular weight excluding hydrogens is 426 g/mol. The second-order valence-corrected chi connectivity index (χ2v) is 9.51. The van der Waals surface area contributed by atoms with Crippen LogP contribution in [0.5, 0.6) is 0 Å². The SMILES string of the molecule is Cc1cccc(N2CCN(C(=O)C3CCCN(Cc4ccncc4)CCC(=O)NCC3)CC2)c1. The van der Waals surface area contributed by atoms with Crippen LogP contribution in [0.4, 0.5) is 5.69 Å². The number of piperazine rings is 1. The summed E-state index contributed by atoms with van der Waals surface area (Å²) < 4.78 is 0. The second-order valence-electron chi connectivity index (χ2n) is 9.51. The van der Waals surface area contributed by atoms with Crippen LogP contribution in [0.1, 0.15) is 36.8 Å². The Morgan fingerprint density at radius 1 is 1.03 bits per heavy atom. The van der Waals surface area contributed by atoms with Gasteiger partial charge in [0.2, 0.25) is 11.8 Å². The van der Waals surface area contributed by atoms with Crippen molar-refractivity contribution in [3.05, 3.63) is 59.9 Å². The number of amides is 2. The fourth-order valence-electron chi connectivity index (χ4n) is 4.97. The molecule has 2 fully saturated rings. The van der Waals surface area contributed by atoms with Gasteiger partial charge >= 0.3 is 0 Å². The van der Waals surface area contributed by atoms with Crippen LogP contribution in [0, 0.1) is 12.8 Å². The Morgan fingerprint density at radius 2 is 1.82 bits per heavy atom. The number of anilines is 1. The van der Waals surface area contributed by atoms with Gasteiger partial charge in [-0.05, 0) is 68.1 Å². The molecule has 1 N–H and O–H groups in total. The van der Waals surface area contributed by atoms with Crippen LogP contribution in [-0.4, -0.2) is 72.4 Å². The molecule has 182 valence electrons. The molecule has 0 spiro atoms. The molecule has 0 radical (unpaired) electrons. The molecule has 1 unspecified atom stereocenters. The van der Waals surface area contributed by atoms with Crippen molar-refractivity contribution in [1.29, 1.82) is 0 Å². The van der Waals surface area contributed by atoms with Crippen LogP contribution in [0.3, 0.4) is 0 Å². The van der Waals surface area contributed by atoms with Crippen LogP contribution in [0.15, 0.2) is 48.8 Å². The van der Waals surface area contributed by atoms with Gasteiger partial charge < -0.3 is 15.1 Å². The Balaban J connectivity index is 1.33. The van der Waals surface area contributed by atoms with E-state index in [9.17, 15) is 9.59 Å². The van der Waals surface area contributed by atoms with Gasteiger partial charge in [0, 0.05) is 76.2 Å². The number of benzene rings is 1. The van der Waals surface area contributed by atoms with Crippen LogP contribution in [0.2, 0.25) is 0 Å². The zero-order valence-corrected chi connectivity index (χ0v) is 20.3. The molecule has 4 rings (SSSR count). The van der Waals surface area contributed by atoms with Gasteiger partial charge in [-0.25, -0.2) is 0 Å². The molecule has 0 saturated carbocycles. The van der Waals surface area contributed by atoms with E-state index in [2.05, 4.69) is 51.3 Å². The van der Waals surface area contributed by atoms with E-state index in [-0.39, 0.29) is 17.7 Å². The van der Waals surface area contributed by atoms with Gasteiger partial charge in [-0.15, -0.1) is 0 Å². The Kier molecular flexibility index (Phi) is 8.52. The molecule has 1 aromatic heterocycles. The lowest BCUT2D eigenvalue weighted by molar-refractivity contribution is -0.136. The van der Waals surface area contributed by atoms with Crippen molar-refractivity contribution in [2.24, 2.45) is 5.92 Å². The zero-order valence-electron chi connectivity index (χ0n) is 20.3. The highest BCUT2D eigenvalue weighted by Crippen LogP contribution is 2.21. The maximum Gasteiger partial charge on any atom is 0.225 e. The van der Waals surface area contributed by atoms with Crippen LogP contribution in [-0.2, 0) is 16.1 Å². The van der Waals surface area contributed by atoms with Gasteiger partial charge in [0.25, 0.3) is 0 Å². The molecule has 34 heavy (non-hydrogen) atoms. The smallest absolute Gasteiger partial charge is 0.225 e. The summed E-state index contributed by atoms with van der Waals surface area (Å²) in [5, 5.41) is 3.03. The van der Waals surface area contributed by atoms with E-state index in [4.69, 9.17) is 0 Å². The lowest BCUT2D eigenvalue weighted by Crippen LogP contribution is -2.50. The quantitative estimate of drug-likeness (QED) is 0.755. The number of hydrogen-bond acceptors (Lipinski definition) is 5. The van der Waals surface area contributed by atoms with Crippen molar-refractivity contribution < 1.29 is 9.59 Å². The topological polar surface area (TPSA) is 68.8 Å². The minimum atomic E-state index is -0.0355. The first-order valence-corrected chi connectivity index (χ1v) is 12.6. The average Bonchev–Trinajstić information content (AvgIpc) is 2.90. The average molecular weight is 464 g/mol. The van der Waals surface area contributed by atoms with Crippen molar-refractivity contribution >= 4 is 17.5 Å². The largest absolute Gasteiger partial charge is 0.368 e. The van der Waals surface area contributed by atoms with Crippen molar-refractivity contribution in [3.8, 4) is 0 Å². The Labute approximate surface area is 203 Å². The zero-order chi connectivity index (χ0) is 23.8. The molecule has 0 aliphatic carbocycles. The first kappa shape index (κ1) is 24.2. The van der Waals surface area contributed by atoms with Crippen LogP contribution >= 0.6 is 0 Å². The second kappa shape index (κ2) is 12.0. The molecule has 2 aromatic rings. The van der Waals surface area contributed by atoms with Crippen molar-refractivity contribution in [3.63, 3.8) is 0 Å². The van der Waals surface area contributed by atoms with E-state index in [1.807, 2.05) is 29.4 Å². The minimum absolute atomic E-state index is 0.0355. The van der Waals surface area contributed by atoms with E-state index in [1.54, 1.807) is 0 Å². The molecule has 0 bridgehead atoms. The predicted molar refractivity (Wildman–Crippen MR) is 134 cm³/mol. The first-order chi connectivity index (χ1) is 16.6. The first-order valence-electron chi connectivity index (χ1n) is 12.6. The molecule has 7 heteroatoms. The highest BCUT2D eigenvalue weighted by atomic mass is 16.2. The number of hydrogen-bond donors (Lipinski definition) is 1. The molecule has 2 aliphatic rings. The fraction of sp³-hybridized carbons (Fsp3) is 0.519. The van der Waals surface area contributed by atoms with Gasteiger partial charge in [0.05, 0.1) is 0 Å². The number of nitrogens with zero attached hydrogens (tertiary/aromatic N) is 4. The third kappa shape index (κ3) is 6.79. The molecular formula is C27H37N5O2. The molecule has 7 nitrogen and oxygen atoms in total. The molecule has 2 amide bonds. The monoisotopic (exact) mass is 463 g/mol. The minimum Gasteiger partial charge on any atom is -0.368 e. The normalized spacial score (nSPS) is 21.0. The van der Waals surface area contributed by atoms with Crippen LogP contribution < -0.4 is 10.2 Å². The third-order valence-corrected chi connectivity index (χ3v) is 6.96. The maximum atomic E-state index is 13.4. The number of pyridine rings is 1. The van der Waals surface area contributed by atoms with Crippen molar-refractivity contribution in [1.82, 2.24) is 20.1 Å². The standard InChI is InChI=1S/C27H37N5O2/c1-22-4-2-6-25(20-22)31-16-18-32(19-17-31)27(34)24-5-3-14-30(15-10-26(33)29-13-9-24)21-23-7-11-28-12-8-23/h2,4,6-8,11-12,20,24H,3,5,9-10,13-19,21H2,1H3,(H,29,33). The molecule has 2 aliphatic heterocycles. The van der Waals surface area contributed by atoms with Crippen molar-refractivity contribution in [2.75, 3.05) is 50.7 Å². The third-order valence-electron chi connectivity index (χ3n) is 6.96. The van der Waals surface area contributed by atoms with Gasteiger partial charge in [-0.2, -0.15) is 0 Å². The summed E-state index contributed by atoms with van der Waals surface area (Å²) in [5.41, 5.74) is 3.69. The fourth-order valence-corrected chi connectivity index (χ4v) is 4.97. The maximum absolute atomic E-state index is 13.4. The van der Waals surface area contributed by atoms with E-state index in [1.165, 1.54) is 16.8 Å².